The molecule has 188 valence electrons. The Morgan fingerprint density at radius 2 is 1.15 bits per heavy atom. The average Bonchev–Trinajstić information content (AvgIpc) is 2.78. The third-order valence-electron chi connectivity index (χ3n) is 6.36. The van der Waals surface area contributed by atoms with Gasteiger partial charge in [-0.25, -0.2) is 0 Å². The lowest BCUT2D eigenvalue weighted by atomic mass is 9.77. The summed E-state index contributed by atoms with van der Waals surface area (Å²) in [5, 5.41) is 0. The average molecular weight is 498 g/mol. The summed E-state index contributed by atoms with van der Waals surface area (Å²) >= 11 is 0. The van der Waals surface area contributed by atoms with Crippen molar-refractivity contribution in [1.29, 1.82) is 0 Å². The van der Waals surface area contributed by atoms with Crippen LogP contribution in [-0.2, 0) is 0 Å². The van der Waals surface area contributed by atoms with Crippen molar-refractivity contribution in [2.24, 2.45) is 5.92 Å². The monoisotopic (exact) mass is 498 g/mol. The molecule has 1 nitrogen and oxygen atoms in total. The van der Waals surface area contributed by atoms with E-state index in [1.807, 2.05) is 24.3 Å². The minimum Gasteiger partial charge on any atom is -0.428 e. The van der Waals surface area contributed by atoms with Gasteiger partial charge in [-0.15, -0.1) is 0 Å². The summed E-state index contributed by atoms with van der Waals surface area (Å²) < 4.78 is 120. The van der Waals surface area contributed by atoms with Gasteiger partial charge in [0, 0.05) is 0 Å². The second kappa shape index (κ2) is 9.34. The molecule has 0 unspecified atom stereocenters. The van der Waals surface area contributed by atoms with Crippen molar-refractivity contribution in [3.8, 4) is 16.9 Å². The molecule has 0 N–H and O–H groups in total. The molecule has 1 fully saturated rings. The smallest absolute Gasteiger partial charge is 0.428 e. The molecule has 0 heterocycles. The van der Waals surface area contributed by atoms with E-state index in [1.165, 1.54) is 37.0 Å². The first-order valence-electron chi connectivity index (χ1n) is 10.8. The lowest BCUT2D eigenvalue weighted by Gasteiger charge is -2.33. The molecule has 0 atom stereocenters. The van der Waals surface area contributed by atoms with E-state index in [9.17, 15) is 39.5 Å². The zero-order valence-corrected chi connectivity index (χ0v) is 18.1. The molecule has 0 saturated heterocycles. The number of ether oxygens (including phenoxy) is 1. The molecule has 2 aromatic rings. The maximum atomic E-state index is 13.7. The normalized spacial score (nSPS) is 20.3. The van der Waals surface area contributed by atoms with E-state index < -0.39 is 29.9 Å². The van der Waals surface area contributed by atoms with E-state index in [0.29, 0.717) is 17.0 Å². The van der Waals surface area contributed by atoms with Crippen LogP contribution in [0.15, 0.2) is 48.5 Å². The molecule has 0 bridgehead atoms. The van der Waals surface area contributed by atoms with Crippen molar-refractivity contribution < 1.29 is 44.3 Å². The van der Waals surface area contributed by atoms with E-state index >= 15 is 0 Å². The molecular weight excluding hydrogens is 475 g/mol. The number of alkyl halides is 9. The topological polar surface area (TPSA) is 9.23 Å². The summed E-state index contributed by atoms with van der Waals surface area (Å²) in [4.78, 5) is 0. The lowest BCUT2D eigenvalue weighted by Crippen LogP contribution is -2.62. The Bertz CT molecular complexity index is 942. The number of halogens is 9. The fraction of sp³-hybridized carbons (Fsp3) is 0.500. The van der Waals surface area contributed by atoms with E-state index in [0.717, 1.165) is 30.9 Å². The van der Waals surface area contributed by atoms with Crippen molar-refractivity contribution in [2.45, 2.75) is 69.1 Å². The summed E-state index contributed by atoms with van der Waals surface area (Å²) in [6, 6.07) is 11.5. The highest BCUT2D eigenvalue weighted by atomic mass is 19.4. The van der Waals surface area contributed by atoms with Gasteiger partial charge in [-0.1, -0.05) is 49.7 Å². The largest absolute Gasteiger partial charge is 0.471 e. The quantitative estimate of drug-likeness (QED) is 0.347. The summed E-state index contributed by atoms with van der Waals surface area (Å²) in [6.45, 7) is 2.18. The SMILES string of the molecule is CCC1CCC(c2ccc(-c3ccc(OC(F)(F)C(F)(F)C(F)(F)C(F)(F)F)cc3)cc2)CC1. The van der Waals surface area contributed by atoms with Gasteiger partial charge in [0.1, 0.15) is 5.75 Å². The van der Waals surface area contributed by atoms with Crippen molar-refractivity contribution in [2.75, 3.05) is 0 Å². The minimum atomic E-state index is -7.00. The Hall–Kier alpha value is -2.39. The van der Waals surface area contributed by atoms with Crippen LogP contribution < -0.4 is 4.74 Å². The third kappa shape index (κ3) is 5.00. The van der Waals surface area contributed by atoms with Crippen LogP contribution in [0.3, 0.4) is 0 Å². The standard InChI is InChI=1S/C24H23F9O/c1-2-15-3-5-16(6-4-15)17-7-9-18(10-8-17)19-11-13-20(14-12-19)34-24(32,33)22(27,28)21(25,26)23(29,30)31/h7-16H,2-6H2,1H3. The van der Waals surface area contributed by atoms with Gasteiger partial charge >= 0.3 is 24.1 Å². The number of hydrogen-bond acceptors (Lipinski definition) is 1. The second-order valence-corrected chi connectivity index (χ2v) is 8.54. The van der Waals surface area contributed by atoms with Crippen LogP contribution in [0, 0.1) is 5.92 Å². The molecule has 3 rings (SSSR count). The van der Waals surface area contributed by atoms with Crippen molar-refractivity contribution in [1.82, 2.24) is 0 Å². The van der Waals surface area contributed by atoms with E-state index in [4.69, 9.17) is 0 Å². The zero-order valence-electron chi connectivity index (χ0n) is 18.1. The molecule has 1 aliphatic carbocycles. The molecule has 0 aromatic heterocycles. The van der Waals surface area contributed by atoms with Crippen LogP contribution >= 0.6 is 0 Å². The maximum Gasteiger partial charge on any atom is 0.471 e. The first-order chi connectivity index (χ1) is 15.7. The highest BCUT2D eigenvalue weighted by molar-refractivity contribution is 5.64. The fourth-order valence-electron chi connectivity index (χ4n) is 4.14. The molecule has 0 radical (unpaired) electrons. The lowest BCUT2D eigenvalue weighted by molar-refractivity contribution is -0.428. The zero-order chi connectivity index (χ0) is 25.4. The third-order valence-corrected chi connectivity index (χ3v) is 6.36. The minimum absolute atomic E-state index is 0.450. The molecular formula is C24H23F9O. The van der Waals surface area contributed by atoms with Gasteiger partial charge in [0.25, 0.3) is 0 Å². The summed E-state index contributed by atoms with van der Waals surface area (Å²) in [5.74, 6) is -13.6. The van der Waals surface area contributed by atoms with Crippen LogP contribution in [0.4, 0.5) is 39.5 Å². The van der Waals surface area contributed by atoms with Crippen molar-refractivity contribution in [3.63, 3.8) is 0 Å². The second-order valence-electron chi connectivity index (χ2n) is 8.54. The Morgan fingerprint density at radius 1 is 0.676 bits per heavy atom. The van der Waals surface area contributed by atoms with Gasteiger partial charge < -0.3 is 4.74 Å². The molecule has 2 aromatic carbocycles. The Kier molecular flexibility index (Phi) is 7.20. The summed E-state index contributed by atoms with van der Waals surface area (Å²) in [7, 11) is 0. The highest BCUT2D eigenvalue weighted by Crippen LogP contribution is 2.53. The van der Waals surface area contributed by atoms with Gasteiger partial charge in [0.15, 0.2) is 0 Å². The number of rotatable bonds is 7. The first kappa shape index (κ1) is 26.2. The molecule has 1 saturated carbocycles. The van der Waals surface area contributed by atoms with Crippen molar-refractivity contribution in [3.05, 3.63) is 54.1 Å². The molecule has 0 amide bonds. The van der Waals surface area contributed by atoms with Crippen LogP contribution in [0.1, 0.15) is 50.5 Å². The van der Waals surface area contributed by atoms with Crippen molar-refractivity contribution >= 4 is 0 Å². The first-order valence-corrected chi connectivity index (χ1v) is 10.8. The van der Waals surface area contributed by atoms with Crippen LogP contribution in [0.2, 0.25) is 0 Å². The molecule has 10 heteroatoms. The van der Waals surface area contributed by atoms with E-state index in [1.54, 1.807) is 0 Å². The number of benzene rings is 2. The molecule has 34 heavy (non-hydrogen) atoms. The molecule has 0 spiro atoms. The predicted octanol–water partition coefficient (Wildman–Crippen LogP) is 8.84. The summed E-state index contributed by atoms with van der Waals surface area (Å²) in [5.41, 5.74) is 2.34. The van der Waals surface area contributed by atoms with Gasteiger partial charge in [-0.2, -0.15) is 39.5 Å². The van der Waals surface area contributed by atoms with Gasteiger partial charge in [-0.05, 0) is 66.3 Å². The maximum absolute atomic E-state index is 13.7. The fourth-order valence-corrected chi connectivity index (χ4v) is 4.14. The number of hydrogen-bond donors (Lipinski definition) is 0. The molecule has 0 aliphatic heterocycles. The Balaban J connectivity index is 1.70. The summed E-state index contributed by atoms with van der Waals surface area (Å²) in [6.07, 6.45) is -7.32. The Morgan fingerprint density at radius 3 is 1.59 bits per heavy atom. The molecule has 1 aliphatic rings. The Labute approximate surface area is 190 Å². The van der Waals surface area contributed by atoms with E-state index in [2.05, 4.69) is 11.7 Å². The van der Waals surface area contributed by atoms with Gasteiger partial charge in [0.2, 0.25) is 0 Å². The van der Waals surface area contributed by atoms with Crippen LogP contribution in [0.25, 0.3) is 11.1 Å². The van der Waals surface area contributed by atoms with E-state index in [-0.39, 0.29) is 0 Å². The van der Waals surface area contributed by atoms with Crippen LogP contribution in [-0.4, -0.2) is 24.1 Å². The predicted molar refractivity (Wildman–Crippen MR) is 108 cm³/mol. The van der Waals surface area contributed by atoms with Crippen LogP contribution in [0.5, 0.6) is 5.75 Å². The highest BCUT2D eigenvalue weighted by Gasteiger charge is 2.83. The van der Waals surface area contributed by atoms with Gasteiger partial charge in [-0.3, -0.25) is 0 Å². The van der Waals surface area contributed by atoms with Gasteiger partial charge in [0.05, 0.1) is 0 Å².